The number of amides is 1. The molecule has 0 radical (unpaired) electrons. The third-order valence-electron chi connectivity index (χ3n) is 0.663. The molecule has 0 unspecified atom stereocenters. The SMILES string of the molecule is CCN(S)C(C)=O. The second-order valence-corrected chi connectivity index (χ2v) is 1.72. The molecule has 0 atom stereocenters. The van der Waals surface area contributed by atoms with Gasteiger partial charge in [0.2, 0.25) is 5.91 Å². The minimum atomic E-state index is -0.00849. The van der Waals surface area contributed by atoms with E-state index in [2.05, 4.69) is 12.8 Å². The first-order valence-corrected chi connectivity index (χ1v) is 2.55. The van der Waals surface area contributed by atoms with Gasteiger partial charge in [0.15, 0.2) is 0 Å². The van der Waals surface area contributed by atoms with Crippen molar-refractivity contribution in [2.75, 3.05) is 6.54 Å². The molecule has 0 rings (SSSR count). The fourth-order valence-electron chi connectivity index (χ4n) is 0.223. The Morgan fingerprint density at radius 2 is 2.29 bits per heavy atom. The van der Waals surface area contributed by atoms with Gasteiger partial charge in [0.05, 0.1) is 0 Å². The van der Waals surface area contributed by atoms with E-state index >= 15 is 0 Å². The predicted octanol–water partition coefficient (Wildman–Crippen LogP) is 0.700. The number of thiol groups is 1. The van der Waals surface area contributed by atoms with Gasteiger partial charge in [-0.15, -0.1) is 0 Å². The highest BCUT2D eigenvalue weighted by atomic mass is 32.1. The molecule has 0 heterocycles. The molecule has 0 aromatic carbocycles. The Balaban J connectivity index is 3.34. The summed E-state index contributed by atoms with van der Waals surface area (Å²) in [5, 5.41) is 0. The topological polar surface area (TPSA) is 20.3 Å². The van der Waals surface area contributed by atoms with Gasteiger partial charge in [-0.3, -0.25) is 9.10 Å². The molecule has 0 N–H and O–H groups in total. The highest BCUT2D eigenvalue weighted by Gasteiger charge is 1.95. The van der Waals surface area contributed by atoms with Crippen molar-refractivity contribution >= 4 is 18.7 Å². The molecule has 1 amide bonds. The number of carbonyl (C=O) groups is 1. The van der Waals surface area contributed by atoms with Crippen LogP contribution in [0.2, 0.25) is 0 Å². The Hall–Kier alpha value is -0.180. The molecule has 0 fully saturated rings. The van der Waals surface area contributed by atoms with Gasteiger partial charge in [0.25, 0.3) is 0 Å². The van der Waals surface area contributed by atoms with E-state index in [9.17, 15) is 4.79 Å². The lowest BCUT2D eigenvalue weighted by atomic mass is 10.6. The lowest BCUT2D eigenvalue weighted by Crippen LogP contribution is -2.16. The number of rotatable bonds is 1. The van der Waals surface area contributed by atoms with Crippen molar-refractivity contribution in [1.82, 2.24) is 4.31 Å². The van der Waals surface area contributed by atoms with Crippen molar-refractivity contribution in [2.24, 2.45) is 0 Å². The Morgan fingerprint density at radius 3 is 2.29 bits per heavy atom. The van der Waals surface area contributed by atoms with Crippen LogP contribution in [-0.4, -0.2) is 16.8 Å². The highest BCUT2D eigenvalue weighted by molar-refractivity contribution is 7.78. The molecule has 0 saturated heterocycles. The molecule has 3 heteroatoms. The van der Waals surface area contributed by atoms with Crippen LogP contribution in [0.3, 0.4) is 0 Å². The average Bonchev–Trinajstić information content (AvgIpc) is 1.65. The number of hydrogen-bond donors (Lipinski definition) is 1. The highest BCUT2D eigenvalue weighted by Crippen LogP contribution is 1.89. The molecular weight excluding hydrogens is 110 g/mol. The van der Waals surface area contributed by atoms with Gasteiger partial charge >= 0.3 is 0 Å². The largest absolute Gasteiger partial charge is 0.290 e. The first-order chi connectivity index (χ1) is 3.18. The Bertz CT molecular complexity index is 74.1. The average molecular weight is 119 g/mol. The lowest BCUT2D eigenvalue weighted by Gasteiger charge is -2.06. The van der Waals surface area contributed by atoms with Crippen LogP contribution in [0.5, 0.6) is 0 Å². The van der Waals surface area contributed by atoms with Crippen LogP contribution >= 0.6 is 12.8 Å². The van der Waals surface area contributed by atoms with Crippen LogP contribution < -0.4 is 0 Å². The summed E-state index contributed by atoms with van der Waals surface area (Å²) in [5.41, 5.74) is 0. The summed E-state index contributed by atoms with van der Waals surface area (Å²) >= 11 is 3.81. The molecule has 2 nitrogen and oxygen atoms in total. The van der Waals surface area contributed by atoms with Crippen molar-refractivity contribution in [3.05, 3.63) is 0 Å². The zero-order valence-corrected chi connectivity index (χ0v) is 5.40. The van der Waals surface area contributed by atoms with Gasteiger partial charge in [0.1, 0.15) is 0 Å². The summed E-state index contributed by atoms with van der Waals surface area (Å²) in [6.45, 7) is 4.02. The molecule has 7 heavy (non-hydrogen) atoms. The molecular formula is C4H9NOS. The first kappa shape index (κ1) is 6.82. The van der Waals surface area contributed by atoms with E-state index in [1.807, 2.05) is 6.92 Å². The van der Waals surface area contributed by atoms with E-state index in [0.717, 1.165) is 0 Å². The summed E-state index contributed by atoms with van der Waals surface area (Å²) in [6, 6.07) is 0. The Morgan fingerprint density at radius 1 is 1.86 bits per heavy atom. The third-order valence-corrected chi connectivity index (χ3v) is 1.23. The van der Waals surface area contributed by atoms with E-state index in [4.69, 9.17) is 0 Å². The van der Waals surface area contributed by atoms with E-state index in [0.29, 0.717) is 6.54 Å². The smallest absolute Gasteiger partial charge is 0.229 e. The van der Waals surface area contributed by atoms with Gasteiger partial charge < -0.3 is 0 Å². The predicted molar refractivity (Wildman–Crippen MR) is 32.0 cm³/mol. The van der Waals surface area contributed by atoms with Crippen molar-refractivity contribution < 1.29 is 4.79 Å². The summed E-state index contributed by atoms with van der Waals surface area (Å²) in [6.07, 6.45) is 0. The summed E-state index contributed by atoms with van der Waals surface area (Å²) < 4.78 is 1.35. The van der Waals surface area contributed by atoms with E-state index in [-0.39, 0.29) is 5.91 Å². The molecule has 42 valence electrons. The first-order valence-electron chi connectivity index (χ1n) is 2.15. The summed E-state index contributed by atoms with van der Waals surface area (Å²) in [4.78, 5) is 10.2. The van der Waals surface area contributed by atoms with E-state index in [1.165, 1.54) is 11.2 Å². The lowest BCUT2D eigenvalue weighted by molar-refractivity contribution is -0.123. The molecule has 0 aliphatic carbocycles. The minimum Gasteiger partial charge on any atom is -0.290 e. The van der Waals surface area contributed by atoms with Gasteiger partial charge in [-0.2, -0.15) is 0 Å². The standard InChI is InChI=1S/C4H9NOS/c1-3-5(7)4(2)6/h7H,3H2,1-2H3. The zero-order valence-electron chi connectivity index (χ0n) is 4.51. The van der Waals surface area contributed by atoms with Gasteiger partial charge in [-0.1, -0.05) is 12.8 Å². The summed E-state index contributed by atoms with van der Waals surface area (Å²) in [5.74, 6) is -0.00849. The fourth-order valence-corrected chi connectivity index (χ4v) is 0.223. The monoisotopic (exact) mass is 119 g/mol. The molecule has 0 aromatic heterocycles. The molecule has 0 saturated carbocycles. The molecule has 0 bridgehead atoms. The maximum absolute atomic E-state index is 10.2. The van der Waals surface area contributed by atoms with Gasteiger partial charge in [0, 0.05) is 13.5 Å². The normalized spacial score (nSPS) is 8.43. The number of carbonyl (C=O) groups excluding carboxylic acids is 1. The third kappa shape index (κ3) is 2.51. The van der Waals surface area contributed by atoms with Gasteiger partial charge in [-0.25, -0.2) is 0 Å². The number of nitrogens with zero attached hydrogens (tertiary/aromatic N) is 1. The molecule has 0 aliphatic rings. The second-order valence-electron chi connectivity index (χ2n) is 1.23. The van der Waals surface area contributed by atoms with Crippen molar-refractivity contribution in [3.63, 3.8) is 0 Å². The summed E-state index contributed by atoms with van der Waals surface area (Å²) in [7, 11) is 0. The van der Waals surface area contributed by atoms with Crippen LogP contribution in [0.4, 0.5) is 0 Å². The van der Waals surface area contributed by atoms with E-state index < -0.39 is 0 Å². The van der Waals surface area contributed by atoms with Crippen LogP contribution in [0.1, 0.15) is 13.8 Å². The van der Waals surface area contributed by atoms with Crippen LogP contribution in [0.15, 0.2) is 0 Å². The maximum Gasteiger partial charge on any atom is 0.229 e. The Labute approximate surface area is 49.0 Å². The quantitative estimate of drug-likeness (QED) is 0.504. The zero-order chi connectivity index (χ0) is 5.86. The molecule has 0 aliphatic heterocycles. The second kappa shape index (κ2) is 2.91. The maximum atomic E-state index is 10.2. The van der Waals surface area contributed by atoms with Crippen molar-refractivity contribution in [3.8, 4) is 0 Å². The molecule has 0 spiro atoms. The van der Waals surface area contributed by atoms with Gasteiger partial charge in [-0.05, 0) is 6.92 Å². The van der Waals surface area contributed by atoms with Crippen LogP contribution in [-0.2, 0) is 4.79 Å². The minimum absolute atomic E-state index is 0.00849. The van der Waals surface area contributed by atoms with Crippen molar-refractivity contribution in [1.29, 1.82) is 0 Å². The van der Waals surface area contributed by atoms with E-state index in [1.54, 1.807) is 0 Å². The number of hydrogen-bond acceptors (Lipinski definition) is 2. The van der Waals surface area contributed by atoms with Crippen LogP contribution in [0, 0.1) is 0 Å². The van der Waals surface area contributed by atoms with Crippen molar-refractivity contribution in [2.45, 2.75) is 13.8 Å². The Kier molecular flexibility index (Phi) is 2.83. The molecule has 0 aromatic rings. The fraction of sp³-hybridized carbons (Fsp3) is 0.750. The van der Waals surface area contributed by atoms with Crippen LogP contribution in [0.25, 0.3) is 0 Å².